The minimum atomic E-state index is -0.0319. The molecular formula is C14H16BrN3. The zero-order valence-electron chi connectivity index (χ0n) is 10.1. The Morgan fingerprint density at radius 3 is 2.83 bits per heavy atom. The maximum Gasteiger partial charge on any atom is 0.133 e. The second-order valence-corrected chi connectivity index (χ2v) is 5.92. The number of hydrogen-bond acceptors (Lipinski definition) is 3. The van der Waals surface area contributed by atoms with Crippen LogP contribution < -0.4 is 11.1 Å². The predicted octanol–water partition coefficient (Wildman–Crippen LogP) is 3.29. The minimum absolute atomic E-state index is 0.0319. The highest BCUT2D eigenvalue weighted by molar-refractivity contribution is 9.10. The molecule has 0 radical (unpaired) electrons. The van der Waals surface area contributed by atoms with Gasteiger partial charge in [0.25, 0.3) is 0 Å². The molecule has 0 bridgehead atoms. The van der Waals surface area contributed by atoms with Crippen LogP contribution in [0.4, 0.5) is 5.82 Å². The van der Waals surface area contributed by atoms with Crippen LogP contribution in [0.2, 0.25) is 0 Å². The van der Waals surface area contributed by atoms with E-state index in [1.54, 1.807) is 0 Å². The first-order valence-corrected chi connectivity index (χ1v) is 7.03. The first kappa shape index (κ1) is 11.9. The van der Waals surface area contributed by atoms with Crippen molar-refractivity contribution in [1.82, 2.24) is 4.98 Å². The second-order valence-electron chi connectivity index (χ2n) is 5.06. The minimum Gasteiger partial charge on any atom is -0.368 e. The van der Waals surface area contributed by atoms with Gasteiger partial charge in [0.15, 0.2) is 0 Å². The van der Waals surface area contributed by atoms with Crippen LogP contribution in [-0.2, 0) is 0 Å². The third-order valence-electron chi connectivity index (χ3n) is 3.71. The summed E-state index contributed by atoms with van der Waals surface area (Å²) in [6.07, 6.45) is 5.29. The molecule has 0 saturated heterocycles. The van der Waals surface area contributed by atoms with Crippen molar-refractivity contribution in [3.05, 3.63) is 34.9 Å². The van der Waals surface area contributed by atoms with E-state index in [1.165, 1.54) is 11.8 Å². The van der Waals surface area contributed by atoms with Gasteiger partial charge in [-0.3, -0.25) is 0 Å². The van der Waals surface area contributed by atoms with Crippen molar-refractivity contribution in [2.24, 2.45) is 5.73 Å². The molecule has 3 rings (SSSR count). The summed E-state index contributed by atoms with van der Waals surface area (Å²) in [4.78, 5) is 4.42. The normalized spacial score (nSPS) is 17.4. The highest BCUT2D eigenvalue weighted by Gasteiger charge is 2.32. The van der Waals surface area contributed by atoms with Gasteiger partial charge in [0, 0.05) is 33.5 Å². The number of benzene rings is 1. The summed E-state index contributed by atoms with van der Waals surface area (Å²) in [5.41, 5.74) is 6.19. The summed E-state index contributed by atoms with van der Waals surface area (Å²) in [5, 5.41) is 5.71. The lowest BCUT2D eigenvalue weighted by Crippen LogP contribution is -2.52. The average Bonchev–Trinajstić information content (AvgIpc) is 2.35. The highest BCUT2D eigenvalue weighted by atomic mass is 79.9. The summed E-state index contributed by atoms with van der Waals surface area (Å²) in [7, 11) is 0. The molecule has 1 aliphatic rings. The van der Waals surface area contributed by atoms with Crippen molar-refractivity contribution in [2.45, 2.75) is 24.8 Å². The Morgan fingerprint density at radius 2 is 2.11 bits per heavy atom. The molecular weight excluding hydrogens is 290 g/mol. The number of halogens is 1. The Bertz CT molecular complexity index is 578. The molecule has 1 aromatic heterocycles. The maximum absolute atomic E-state index is 6.23. The van der Waals surface area contributed by atoms with Crippen molar-refractivity contribution >= 4 is 32.5 Å². The van der Waals surface area contributed by atoms with Crippen LogP contribution in [0.15, 0.2) is 34.9 Å². The average molecular weight is 306 g/mol. The zero-order valence-corrected chi connectivity index (χ0v) is 11.7. The summed E-state index contributed by atoms with van der Waals surface area (Å²) in [5.74, 6) is 0.922. The molecule has 0 atom stereocenters. The molecule has 3 nitrogen and oxygen atoms in total. The van der Waals surface area contributed by atoms with Crippen molar-refractivity contribution in [3.8, 4) is 0 Å². The molecule has 4 heteroatoms. The van der Waals surface area contributed by atoms with Crippen molar-refractivity contribution in [2.75, 3.05) is 11.9 Å². The largest absolute Gasteiger partial charge is 0.368 e. The molecule has 0 spiro atoms. The van der Waals surface area contributed by atoms with E-state index in [2.05, 4.69) is 32.3 Å². The number of nitrogens with two attached hydrogens (primary N) is 1. The molecule has 1 fully saturated rings. The SMILES string of the molecule is NC1(CNc2nccc3c(Br)cccc23)CCC1. The van der Waals surface area contributed by atoms with E-state index >= 15 is 0 Å². The number of nitrogens with one attached hydrogen (secondary N) is 1. The van der Waals surface area contributed by atoms with Crippen molar-refractivity contribution < 1.29 is 0 Å². The van der Waals surface area contributed by atoms with Crippen LogP contribution in [0, 0.1) is 0 Å². The van der Waals surface area contributed by atoms with E-state index in [1.807, 2.05) is 24.4 Å². The Morgan fingerprint density at radius 1 is 1.28 bits per heavy atom. The Labute approximate surface area is 115 Å². The van der Waals surface area contributed by atoms with Gasteiger partial charge in [0.2, 0.25) is 0 Å². The van der Waals surface area contributed by atoms with E-state index in [-0.39, 0.29) is 5.54 Å². The summed E-state index contributed by atoms with van der Waals surface area (Å²) < 4.78 is 1.09. The number of fused-ring (bicyclic) bond motifs is 1. The number of anilines is 1. The lowest BCUT2D eigenvalue weighted by Gasteiger charge is -2.38. The van der Waals surface area contributed by atoms with Gasteiger partial charge in [0.05, 0.1) is 0 Å². The van der Waals surface area contributed by atoms with E-state index in [4.69, 9.17) is 5.73 Å². The van der Waals surface area contributed by atoms with Gasteiger partial charge in [-0.05, 0) is 31.4 Å². The molecule has 0 amide bonds. The third kappa shape index (κ3) is 2.10. The lowest BCUT2D eigenvalue weighted by molar-refractivity contribution is 0.265. The number of pyridine rings is 1. The Hall–Kier alpha value is -1.13. The molecule has 2 aromatic rings. The summed E-state index contributed by atoms with van der Waals surface area (Å²) in [6, 6.07) is 8.18. The molecule has 0 unspecified atom stereocenters. The smallest absolute Gasteiger partial charge is 0.133 e. The van der Waals surface area contributed by atoms with Gasteiger partial charge in [-0.1, -0.05) is 28.1 Å². The Balaban J connectivity index is 1.89. The van der Waals surface area contributed by atoms with Gasteiger partial charge < -0.3 is 11.1 Å². The fourth-order valence-electron chi connectivity index (χ4n) is 2.38. The number of aromatic nitrogens is 1. The second kappa shape index (κ2) is 4.52. The topological polar surface area (TPSA) is 50.9 Å². The molecule has 1 aliphatic carbocycles. The van der Waals surface area contributed by atoms with Crippen LogP contribution >= 0.6 is 15.9 Å². The third-order valence-corrected chi connectivity index (χ3v) is 4.40. The molecule has 1 heterocycles. The first-order valence-electron chi connectivity index (χ1n) is 6.24. The molecule has 3 N–H and O–H groups in total. The number of nitrogens with zero attached hydrogens (tertiary/aromatic N) is 1. The first-order chi connectivity index (χ1) is 8.68. The van der Waals surface area contributed by atoms with Gasteiger partial charge in [-0.15, -0.1) is 0 Å². The molecule has 18 heavy (non-hydrogen) atoms. The van der Waals surface area contributed by atoms with Crippen LogP contribution in [0.25, 0.3) is 10.8 Å². The summed E-state index contributed by atoms with van der Waals surface area (Å²) >= 11 is 3.57. The predicted molar refractivity (Wildman–Crippen MR) is 78.7 cm³/mol. The quantitative estimate of drug-likeness (QED) is 0.915. The van der Waals surface area contributed by atoms with Gasteiger partial charge in [-0.2, -0.15) is 0 Å². The van der Waals surface area contributed by atoms with Gasteiger partial charge >= 0.3 is 0 Å². The van der Waals surface area contributed by atoms with Gasteiger partial charge in [0.1, 0.15) is 5.82 Å². The molecule has 94 valence electrons. The lowest BCUT2D eigenvalue weighted by atomic mass is 9.78. The van der Waals surface area contributed by atoms with E-state index in [0.717, 1.165) is 35.1 Å². The van der Waals surface area contributed by atoms with Crippen LogP contribution in [0.1, 0.15) is 19.3 Å². The van der Waals surface area contributed by atoms with Crippen molar-refractivity contribution in [3.63, 3.8) is 0 Å². The van der Waals surface area contributed by atoms with Crippen LogP contribution in [0.5, 0.6) is 0 Å². The van der Waals surface area contributed by atoms with E-state index < -0.39 is 0 Å². The maximum atomic E-state index is 6.23. The van der Waals surface area contributed by atoms with Crippen LogP contribution in [0.3, 0.4) is 0 Å². The fourth-order valence-corrected chi connectivity index (χ4v) is 2.88. The number of rotatable bonds is 3. The molecule has 1 aromatic carbocycles. The zero-order chi connectivity index (χ0) is 12.6. The van der Waals surface area contributed by atoms with E-state index in [0.29, 0.717) is 0 Å². The highest BCUT2D eigenvalue weighted by Crippen LogP contribution is 2.31. The van der Waals surface area contributed by atoms with Crippen LogP contribution in [-0.4, -0.2) is 17.1 Å². The standard InChI is InChI=1S/C14H16BrN3/c15-12-4-1-3-11-10(12)5-8-17-13(11)18-9-14(16)6-2-7-14/h1,3-5,8H,2,6-7,9,16H2,(H,17,18). The van der Waals surface area contributed by atoms with E-state index in [9.17, 15) is 0 Å². The fraction of sp³-hybridized carbons (Fsp3) is 0.357. The summed E-state index contributed by atoms with van der Waals surface area (Å²) in [6.45, 7) is 0.797. The monoisotopic (exact) mass is 305 g/mol. The number of hydrogen-bond donors (Lipinski definition) is 2. The van der Waals surface area contributed by atoms with Gasteiger partial charge in [-0.25, -0.2) is 4.98 Å². The Kier molecular flexibility index (Phi) is 2.99. The van der Waals surface area contributed by atoms with Crippen molar-refractivity contribution in [1.29, 1.82) is 0 Å². The molecule has 0 aliphatic heterocycles. The molecule has 1 saturated carbocycles.